The van der Waals surface area contributed by atoms with Gasteiger partial charge < -0.3 is 15.2 Å². The third-order valence-corrected chi connectivity index (χ3v) is 2.47. The molecule has 0 fully saturated rings. The molecule has 0 saturated heterocycles. The molecule has 1 aromatic carbocycles. The number of carbonyl (C=O) groups excluding carboxylic acids is 1. The highest BCUT2D eigenvalue weighted by Crippen LogP contribution is 2.16. The number of carboxylic acid groups (broad SMARTS) is 1. The van der Waals surface area contributed by atoms with Crippen molar-refractivity contribution in [3.63, 3.8) is 0 Å². The number of unbranched alkanes of at least 4 members (excludes halogenated alkanes) is 1. The minimum absolute atomic E-state index is 0.167. The Morgan fingerprint density at radius 1 is 1.28 bits per heavy atom. The Bertz CT molecular complexity index is 417. The molecular weight excluding hydrogens is 234 g/mol. The predicted molar refractivity (Wildman–Crippen MR) is 67.8 cm³/mol. The van der Waals surface area contributed by atoms with Crippen molar-refractivity contribution in [3.05, 3.63) is 29.8 Å². The van der Waals surface area contributed by atoms with Crippen LogP contribution in [0, 0.1) is 0 Å². The fourth-order valence-corrected chi connectivity index (χ4v) is 1.55. The van der Waals surface area contributed by atoms with Gasteiger partial charge in [-0.05, 0) is 25.0 Å². The van der Waals surface area contributed by atoms with Crippen molar-refractivity contribution in [1.29, 1.82) is 0 Å². The first kappa shape index (κ1) is 14.0. The van der Waals surface area contributed by atoms with Crippen molar-refractivity contribution in [1.82, 2.24) is 0 Å². The van der Waals surface area contributed by atoms with Crippen LogP contribution in [0.25, 0.3) is 0 Å². The van der Waals surface area contributed by atoms with Crippen molar-refractivity contribution in [2.24, 2.45) is 0 Å². The van der Waals surface area contributed by atoms with E-state index >= 15 is 0 Å². The van der Waals surface area contributed by atoms with Crippen LogP contribution in [-0.2, 0) is 9.53 Å². The molecule has 0 aromatic heterocycles. The van der Waals surface area contributed by atoms with Crippen LogP contribution in [0.2, 0.25) is 0 Å². The second kappa shape index (κ2) is 7.32. The Kier molecular flexibility index (Phi) is 5.70. The van der Waals surface area contributed by atoms with Gasteiger partial charge in [-0.25, -0.2) is 4.79 Å². The molecule has 1 rings (SSSR count). The van der Waals surface area contributed by atoms with E-state index in [1.54, 1.807) is 18.2 Å². The lowest BCUT2D eigenvalue weighted by atomic mass is 10.1. The molecule has 0 saturated carbocycles. The van der Waals surface area contributed by atoms with Crippen LogP contribution < -0.4 is 5.32 Å². The number of nitrogens with one attached hydrogen (secondary N) is 1. The second-order valence-corrected chi connectivity index (χ2v) is 3.81. The van der Waals surface area contributed by atoms with Crippen LogP contribution in [0.3, 0.4) is 0 Å². The lowest BCUT2D eigenvalue weighted by molar-refractivity contribution is -0.137. The van der Waals surface area contributed by atoms with Crippen molar-refractivity contribution in [3.8, 4) is 0 Å². The highest BCUT2D eigenvalue weighted by atomic mass is 16.5. The third kappa shape index (κ3) is 4.45. The molecule has 5 nitrogen and oxygen atoms in total. The van der Waals surface area contributed by atoms with Crippen LogP contribution in [0.15, 0.2) is 24.3 Å². The molecule has 0 amide bonds. The summed E-state index contributed by atoms with van der Waals surface area (Å²) >= 11 is 0. The van der Waals surface area contributed by atoms with Crippen LogP contribution in [0.5, 0.6) is 0 Å². The molecule has 0 aliphatic rings. The van der Waals surface area contributed by atoms with Gasteiger partial charge in [-0.2, -0.15) is 0 Å². The molecular formula is C13H17NO4. The Morgan fingerprint density at radius 3 is 2.67 bits per heavy atom. The van der Waals surface area contributed by atoms with Gasteiger partial charge in [-0.15, -0.1) is 0 Å². The molecule has 1 aromatic rings. The standard InChI is InChI=1S/C13H17NO4/c1-18-13(17)10-6-2-3-7-11(10)14-9-5-4-8-12(15)16/h2-3,6-7,14H,4-5,8-9H2,1H3,(H,15,16). The molecule has 0 atom stereocenters. The Balaban J connectivity index is 2.46. The van der Waals surface area contributed by atoms with E-state index in [1.807, 2.05) is 6.07 Å². The lowest BCUT2D eigenvalue weighted by Gasteiger charge is -2.10. The quantitative estimate of drug-likeness (QED) is 0.573. The molecule has 0 bridgehead atoms. The topological polar surface area (TPSA) is 75.6 Å². The summed E-state index contributed by atoms with van der Waals surface area (Å²) in [7, 11) is 1.34. The zero-order chi connectivity index (χ0) is 13.4. The van der Waals surface area contributed by atoms with Crippen molar-refractivity contribution >= 4 is 17.6 Å². The van der Waals surface area contributed by atoms with Gasteiger partial charge in [0.1, 0.15) is 0 Å². The number of methoxy groups -OCH3 is 1. The highest BCUT2D eigenvalue weighted by Gasteiger charge is 2.09. The van der Waals surface area contributed by atoms with Gasteiger partial charge >= 0.3 is 11.9 Å². The predicted octanol–water partition coefficient (Wildman–Crippen LogP) is 2.14. The smallest absolute Gasteiger partial charge is 0.339 e. The van der Waals surface area contributed by atoms with E-state index in [2.05, 4.69) is 10.1 Å². The van der Waals surface area contributed by atoms with Crippen LogP contribution in [-0.4, -0.2) is 30.7 Å². The van der Waals surface area contributed by atoms with Crippen LogP contribution in [0.4, 0.5) is 5.69 Å². The minimum Gasteiger partial charge on any atom is -0.481 e. The molecule has 18 heavy (non-hydrogen) atoms. The van der Waals surface area contributed by atoms with Gasteiger partial charge in [-0.1, -0.05) is 12.1 Å². The lowest BCUT2D eigenvalue weighted by Crippen LogP contribution is -2.09. The number of ether oxygens (including phenoxy) is 1. The van der Waals surface area contributed by atoms with E-state index in [0.29, 0.717) is 24.2 Å². The van der Waals surface area contributed by atoms with Crippen LogP contribution >= 0.6 is 0 Å². The summed E-state index contributed by atoms with van der Waals surface area (Å²) in [6, 6.07) is 7.07. The molecule has 98 valence electrons. The van der Waals surface area contributed by atoms with Gasteiger partial charge in [0.05, 0.1) is 12.7 Å². The maximum absolute atomic E-state index is 11.5. The van der Waals surface area contributed by atoms with E-state index in [0.717, 1.165) is 6.42 Å². The summed E-state index contributed by atoms with van der Waals surface area (Å²) in [6.45, 7) is 0.626. The number of esters is 1. The number of hydrogen-bond donors (Lipinski definition) is 2. The van der Waals surface area contributed by atoms with E-state index in [9.17, 15) is 9.59 Å². The van der Waals surface area contributed by atoms with E-state index < -0.39 is 5.97 Å². The monoisotopic (exact) mass is 251 g/mol. The second-order valence-electron chi connectivity index (χ2n) is 3.81. The zero-order valence-corrected chi connectivity index (χ0v) is 10.3. The zero-order valence-electron chi connectivity index (χ0n) is 10.3. The summed E-state index contributed by atoms with van der Waals surface area (Å²) in [4.78, 5) is 21.8. The third-order valence-electron chi connectivity index (χ3n) is 2.47. The molecule has 0 radical (unpaired) electrons. The Labute approximate surface area is 106 Å². The Morgan fingerprint density at radius 2 is 2.00 bits per heavy atom. The van der Waals surface area contributed by atoms with E-state index in [1.165, 1.54) is 7.11 Å². The van der Waals surface area contributed by atoms with Crippen molar-refractivity contribution in [2.45, 2.75) is 19.3 Å². The van der Waals surface area contributed by atoms with Gasteiger partial charge in [-0.3, -0.25) is 4.79 Å². The number of aliphatic carboxylic acids is 1. The van der Waals surface area contributed by atoms with Gasteiger partial charge in [0.2, 0.25) is 0 Å². The molecule has 0 heterocycles. The SMILES string of the molecule is COC(=O)c1ccccc1NCCCCC(=O)O. The first-order valence-electron chi connectivity index (χ1n) is 5.78. The fourth-order valence-electron chi connectivity index (χ4n) is 1.55. The molecule has 0 unspecified atom stereocenters. The first-order chi connectivity index (χ1) is 8.65. The van der Waals surface area contributed by atoms with Gasteiger partial charge in [0.25, 0.3) is 0 Å². The van der Waals surface area contributed by atoms with Gasteiger partial charge in [0.15, 0.2) is 0 Å². The normalized spacial score (nSPS) is 9.83. The molecule has 5 heteroatoms. The minimum atomic E-state index is -0.787. The molecule has 0 aliphatic heterocycles. The highest BCUT2D eigenvalue weighted by molar-refractivity contribution is 5.95. The molecule has 0 spiro atoms. The number of carbonyl (C=O) groups is 2. The maximum atomic E-state index is 11.5. The average Bonchev–Trinajstić information content (AvgIpc) is 2.37. The average molecular weight is 251 g/mol. The number of para-hydroxylation sites is 1. The van der Waals surface area contributed by atoms with Crippen molar-refractivity contribution < 1.29 is 19.4 Å². The largest absolute Gasteiger partial charge is 0.481 e. The maximum Gasteiger partial charge on any atom is 0.339 e. The number of benzene rings is 1. The summed E-state index contributed by atoms with van der Waals surface area (Å²) in [5.74, 6) is -1.17. The summed E-state index contributed by atoms with van der Waals surface area (Å²) < 4.78 is 4.68. The fraction of sp³-hybridized carbons (Fsp3) is 0.385. The number of carboxylic acids is 1. The molecule has 2 N–H and O–H groups in total. The summed E-state index contributed by atoms with van der Waals surface area (Å²) in [6.07, 6.45) is 1.52. The van der Waals surface area contributed by atoms with E-state index in [-0.39, 0.29) is 12.4 Å². The van der Waals surface area contributed by atoms with Gasteiger partial charge in [0, 0.05) is 18.7 Å². The molecule has 0 aliphatic carbocycles. The first-order valence-corrected chi connectivity index (χ1v) is 5.78. The van der Waals surface area contributed by atoms with Crippen LogP contribution in [0.1, 0.15) is 29.6 Å². The Hall–Kier alpha value is -2.04. The summed E-state index contributed by atoms with van der Waals surface area (Å²) in [5, 5.41) is 11.6. The van der Waals surface area contributed by atoms with Crippen molar-refractivity contribution in [2.75, 3.05) is 19.0 Å². The summed E-state index contributed by atoms with van der Waals surface area (Å²) in [5.41, 5.74) is 1.19. The number of anilines is 1. The van der Waals surface area contributed by atoms with E-state index in [4.69, 9.17) is 5.11 Å². The number of rotatable bonds is 7. The number of hydrogen-bond acceptors (Lipinski definition) is 4.